The van der Waals surface area contributed by atoms with Crippen LogP contribution in [0.3, 0.4) is 0 Å². The number of benzene rings is 2. The zero-order valence-corrected chi connectivity index (χ0v) is 21.2. The molecule has 0 unspecified atom stereocenters. The van der Waals surface area contributed by atoms with Crippen LogP contribution in [0.15, 0.2) is 54.7 Å². The van der Waals surface area contributed by atoms with Gasteiger partial charge in [0.2, 0.25) is 11.8 Å². The number of aliphatic hydroxyl groups is 1. The van der Waals surface area contributed by atoms with Crippen molar-refractivity contribution in [3.05, 3.63) is 77.8 Å². The molecule has 0 saturated carbocycles. The summed E-state index contributed by atoms with van der Waals surface area (Å²) in [4.78, 5) is 30.6. The molecule has 0 spiro atoms. The molecule has 0 saturated heterocycles. The number of amides is 2. The van der Waals surface area contributed by atoms with Crippen LogP contribution in [0.4, 0.5) is 8.78 Å². The maximum atomic E-state index is 14.7. The minimum absolute atomic E-state index is 0.0171. The normalized spacial score (nSPS) is 13.3. The first-order valence-electron chi connectivity index (χ1n) is 11.9. The largest absolute Gasteiger partial charge is 0.387 e. The summed E-state index contributed by atoms with van der Waals surface area (Å²) < 4.78 is 30.5. The van der Waals surface area contributed by atoms with Crippen molar-refractivity contribution in [2.45, 2.75) is 45.8 Å². The lowest BCUT2D eigenvalue weighted by atomic mass is 9.84. The molecule has 1 aromatic heterocycles. The average Bonchev–Trinajstić information content (AvgIpc) is 3.24. The van der Waals surface area contributed by atoms with E-state index in [1.807, 2.05) is 51.1 Å². The van der Waals surface area contributed by atoms with E-state index < -0.39 is 47.6 Å². The van der Waals surface area contributed by atoms with Crippen molar-refractivity contribution >= 4 is 11.8 Å². The fourth-order valence-corrected chi connectivity index (χ4v) is 4.28. The van der Waals surface area contributed by atoms with Gasteiger partial charge in [0.25, 0.3) is 0 Å². The van der Waals surface area contributed by atoms with E-state index in [9.17, 15) is 23.5 Å². The molecule has 0 bridgehead atoms. The molecule has 0 fully saturated rings. The number of halogens is 2. The number of nitrogens with two attached hydrogens (primary N) is 2. The van der Waals surface area contributed by atoms with E-state index in [0.717, 1.165) is 23.8 Å². The van der Waals surface area contributed by atoms with Crippen LogP contribution in [0.25, 0.3) is 11.3 Å². The Hall–Kier alpha value is -3.63. The van der Waals surface area contributed by atoms with Crippen LogP contribution in [0.2, 0.25) is 0 Å². The van der Waals surface area contributed by atoms with Crippen molar-refractivity contribution in [2.75, 3.05) is 13.2 Å². The van der Waals surface area contributed by atoms with Crippen molar-refractivity contribution in [3.63, 3.8) is 0 Å². The van der Waals surface area contributed by atoms with E-state index in [1.54, 1.807) is 10.8 Å². The Labute approximate surface area is 214 Å². The van der Waals surface area contributed by atoms with E-state index in [1.165, 1.54) is 4.90 Å². The molecule has 2 amide bonds. The van der Waals surface area contributed by atoms with Crippen molar-refractivity contribution < 1.29 is 23.5 Å². The number of hydrogen-bond donors (Lipinski definition) is 3. The predicted octanol–water partition coefficient (Wildman–Crippen LogP) is 2.99. The van der Waals surface area contributed by atoms with Gasteiger partial charge in [-0.1, -0.05) is 51.1 Å². The molecule has 198 valence electrons. The number of carbonyl (C=O) groups is 2. The van der Waals surface area contributed by atoms with Crippen molar-refractivity contribution in [3.8, 4) is 11.3 Å². The van der Waals surface area contributed by atoms with Crippen LogP contribution >= 0.6 is 0 Å². The molecule has 0 radical (unpaired) electrons. The molecular formula is C27H33F2N5O3. The lowest BCUT2D eigenvalue weighted by Gasteiger charge is -2.40. The number of imidazole rings is 1. The highest BCUT2D eigenvalue weighted by Crippen LogP contribution is 2.39. The van der Waals surface area contributed by atoms with Gasteiger partial charge in [-0.3, -0.25) is 9.59 Å². The Kier molecular flexibility index (Phi) is 8.77. The van der Waals surface area contributed by atoms with Gasteiger partial charge in [-0.2, -0.15) is 0 Å². The summed E-state index contributed by atoms with van der Waals surface area (Å²) in [5.74, 6) is -2.15. The Morgan fingerprint density at radius 3 is 2.41 bits per heavy atom. The smallest absolute Gasteiger partial charge is 0.248 e. The number of aromatic nitrogens is 2. The number of rotatable bonds is 10. The predicted molar refractivity (Wildman–Crippen MR) is 136 cm³/mol. The van der Waals surface area contributed by atoms with E-state index in [2.05, 4.69) is 0 Å². The first-order chi connectivity index (χ1) is 17.4. The Morgan fingerprint density at radius 2 is 1.81 bits per heavy atom. The monoisotopic (exact) mass is 513 g/mol. The summed E-state index contributed by atoms with van der Waals surface area (Å²) in [6, 6.07) is 10.9. The van der Waals surface area contributed by atoms with Gasteiger partial charge in [0, 0.05) is 24.8 Å². The van der Waals surface area contributed by atoms with Crippen LogP contribution in [0.1, 0.15) is 44.6 Å². The second kappa shape index (κ2) is 11.6. The number of carbonyl (C=O) groups excluding carboxylic acids is 2. The van der Waals surface area contributed by atoms with Crippen molar-refractivity contribution in [1.82, 2.24) is 14.5 Å². The summed E-state index contributed by atoms with van der Waals surface area (Å²) in [6.45, 7) is 5.28. The van der Waals surface area contributed by atoms with Gasteiger partial charge in [0.05, 0.1) is 17.8 Å². The van der Waals surface area contributed by atoms with E-state index >= 15 is 0 Å². The average molecular weight is 514 g/mol. The fraction of sp³-hybridized carbons (Fsp3) is 0.370. The van der Waals surface area contributed by atoms with E-state index in [4.69, 9.17) is 16.5 Å². The summed E-state index contributed by atoms with van der Waals surface area (Å²) in [6.07, 6.45) is 1.69. The highest BCUT2D eigenvalue weighted by Gasteiger charge is 2.38. The van der Waals surface area contributed by atoms with Gasteiger partial charge in [-0.15, -0.1) is 0 Å². The number of primary amides is 1. The third kappa shape index (κ3) is 6.78. The van der Waals surface area contributed by atoms with Crippen molar-refractivity contribution in [1.29, 1.82) is 0 Å². The minimum atomic E-state index is -0.990. The highest BCUT2D eigenvalue weighted by atomic mass is 19.1. The highest BCUT2D eigenvalue weighted by molar-refractivity contribution is 5.80. The molecule has 8 nitrogen and oxygen atoms in total. The molecule has 2 aromatic carbocycles. The summed E-state index contributed by atoms with van der Waals surface area (Å²) in [5.41, 5.74) is 11.6. The molecule has 0 aliphatic heterocycles. The fourth-order valence-electron chi connectivity index (χ4n) is 4.28. The second-order valence-corrected chi connectivity index (χ2v) is 10.0. The third-order valence-electron chi connectivity index (χ3n) is 6.09. The quantitative estimate of drug-likeness (QED) is 0.384. The molecule has 3 aromatic rings. The summed E-state index contributed by atoms with van der Waals surface area (Å²) in [5, 5.41) is 9.76. The Morgan fingerprint density at radius 1 is 1.14 bits per heavy atom. The van der Waals surface area contributed by atoms with Gasteiger partial charge in [0.15, 0.2) is 0 Å². The molecule has 0 aliphatic carbocycles. The first-order valence-corrected chi connectivity index (χ1v) is 11.9. The topological polar surface area (TPSA) is 127 Å². The lowest BCUT2D eigenvalue weighted by Crippen LogP contribution is -2.47. The van der Waals surface area contributed by atoms with Crippen molar-refractivity contribution in [2.24, 2.45) is 16.9 Å². The summed E-state index contributed by atoms with van der Waals surface area (Å²) >= 11 is 0. The number of hydrogen-bond acceptors (Lipinski definition) is 5. The van der Waals surface area contributed by atoms with E-state index in [0.29, 0.717) is 12.4 Å². The van der Waals surface area contributed by atoms with Gasteiger partial charge in [-0.05, 0) is 35.6 Å². The Balaban J connectivity index is 2.18. The minimum Gasteiger partial charge on any atom is -0.387 e. The van der Waals surface area contributed by atoms with Gasteiger partial charge in [0.1, 0.15) is 24.1 Å². The molecule has 0 aliphatic rings. The standard InChI is InChI=1S/C27H33F2N5O3/c1-27(2,3)24(34(23(36)16-35)12-11-21(30)25(31)37)26-32-22(19-13-18(28)9-10-20(19)29)15-33(26)14-17-7-5-4-6-8-17/h4-10,13,15,21,24,35H,11-12,14,16,30H2,1-3H3,(H2,31,37)/t21-,24-/m0/s1. The number of nitrogens with zero attached hydrogens (tertiary/aromatic N) is 3. The molecule has 37 heavy (non-hydrogen) atoms. The summed E-state index contributed by atoms with van der Waals surface area (Å²) in [7, 11) is 0. The first kappa shape index (κ1) is 27.9. The maximum absolute atomic E-state index is 14.7. The SMILES string of the molecule is CC(C)(C)[C@H](c1nc(-c2cc(F)ccc2F)cn1Cc1ccccc1)N(CC[C@H](N)C(N)=O)C(=O)CO. The van der Waals surface area contributed by atoms with E-state index in [-0.39, 0.29) is 24.2 Å². The lowest BCUT2D eigenvalue weighted by molar-refractivity contribution is -0.140. The third-order valence-corrected chi connectivity index (χ3v) is 6.09. The maximum Gasteiger partial charge on any atom is 0.248 e. The van der Waals surface area contributed by atoms with Crippen LogP contribution in [-0.4, -0.2) is 50.6 Å². The van der Waals surface area contributed by atoms with Gasteiger partial charge >= 0.3 is 0 Å². The second-order valence-electron chi connectivity index (χ2n) is 10.0. The molecular weight excluding hydrogens is 480 g/mol. The molecule has 2 atom stereocenters. The van der Waals surface area contributed by atoms with Crippen LogP contribution in [0.5, 0.6) is 0 Å². The zero-order valence-electron chi connectivity index (χ0n) is 21.2. The zero-order chi connectivity index (χ0) is 27.3. The van der Waals surface area contributed by atoms with Crippen LogP contribution < -0.4 is 11.5 Å². The van der Waals surface area contributed by atoms with Gasteiger partial charge in [-0.25, -0.2) is 13.8 Å². The molecule has 10 heteroatoms. The van der Waals surface area contributed by atoms with Gasteiger partial charge < -0.3 is 26.0 Å². The number of aliphatic hydroxyl groups excluding tert-OH is 1. The van der Waals surface area contributed by atoms with Crippen LogP contribution in [-0.2, 0) is 16.1 Å². The Bertz CT molecular complexity index is 1240. The van der Waals surface area contributed by atoms with Crippen LogP contribution in [0, 0.1) is 17.0 Å². The molecule has 3 rings (SSSR count). The molecule has 1 heterocycles. The molecule has 5 N–H and O–H groups in total.